The molecule has 3 atom stereocenters. The van der Waals surface area contributed by atoms with E-state index >= 15 is 0 Å². The fourth-order valence-electron chi connectivity index (χ4n) is 5.63. The lowest BCUT2D eigenvalue weighted by molar-refractivity contribution is -0.130. The number of ether oxygens (including phenoxy) is 2. The molecule has 0 radical (unpaired) electrons. The van der Waals surface area contributed by atoms with E-state index in [9.17, 15) is 22.8 Å². The summed E-state index contributed by atoms with van der Waals surface area (Å²) in [6.07, 6.45) is 8.49. The van der Waals surface area contributed by atoms with Crippen molar-refractivity contribution in [1.82, 2.24) is 20.3 Å². The van der Waals surface area contributed by atoms with E-state index in [4.69, 9.17) is 14.5 Å². The molecule has 1 aromatic heterocycles. The SMILES string of the molecule is COc1ccc2c(OCC[C@@H]3NC(=O)/N=C/CCC/C=C\[C@H]4C[C@@]4(C(=O)NS(=O)(=O)C4CC4)NC3=O)cc(-c3ccccc3)nc2c1. The van der Waals surface area contributed by atoms with Gasteiger partial charge >= 0.3 is 6.03 Å². The molecular formula is C34H37N5O7S. The second-order valence-corrected chi connectivity index (χ2v) is 14.0. The molecular weight excluding hydrogens is 622 g/mol. The van der Waals surface area contributed by atoms with Gasteiger partial charge in [0.05, 0.1) is 30.2 Å². The highest BCUT2D eigenvalue weighted by Gasteiger charge is 2.61. The van der Waals surface area contributed by atoms with Crippen LogP contribution in [0.5, 0.6) is 11.5 Å². The highest BCUT2D eigenvalue weighted by molar-refractivity contribution is 7.91. The maximum Gasteiger partial charge on any atom is 0.341 e. The number of nitrogens with zero attached hydrogens (tertiary/aromatic N) is 2. The predicted octanol–water partition coefficient (Wildman–Crippen LogP) is 4.05. The minimum atomic E-state index is -3.84. The Morgan fingerprint density at radius 1 is 1.09 bits per heavy atom. The summed E-state index contributed by atoms with van der Waals surface area (Å²) in [5.74, 6) is -0.640. The molecule has 2 aromatic carbocycles. The average molecular weight is 660 g/mol. The molecule has 3 aliphatic rings. The van der Waals surface area contributed by atoms with Crippen LogP contribution in [0.15, 0.2) is 71.7 Å². The van der Waals surface area contributed by atoms with Crippen LogP contribution in [0.25, 0.3) is 22.2 Å². The molecule has 4 amide bonds. The second-order valence-electron chi connectivity index (χ2n) is 12.0. The lowest BCUT2D eigenvalue weighted by Gasteiger charge is -2.23. The lowest BCUT2D eigenvalue weighted by atomic mass is 10.1. The van der Waals surface area contributed by atoms with Crippen molar-refractivity contribution in [3.8, 4) is 22.8 Å². The fourth-order valence-corrected chi connectivity index (χ4v) is 6.99. The smallest absolute Gasteiger partial charge is 0.341 e. The Labute approximate surface area is 273 Å². The Hall–Kier alpha value is -4.78. The third-order valence-corrected chi connectivity index (χ3v) is 10.4. The molecule has 246 valence electrons. The number of rotatable bonds is 9. The number of carbonyl (C=O) groups is 3. The molecule has 47 heavy (non-hydrogen) atoms. The van der Waals surface area contributed by atoms with Gasteiger partial charge in [-0.15, -0.1) is 0 Å². The van der Waals surface area contributed by atoms with Crippen LogP contribution in [0.1, 0.15) is 44.9 Å². The number of sulfonamides is 1. The maximum atomic E-state index is 13.7. The molecule has 2 heterocycles. The van der Waals surface area contributed by atoms with E-state index in [0.717, 1.165) is 17.4 Å². The van der Waals surface area contributed by atoms with Gasteiger partial charge in [-0.25, -0.2) is 23.2 Å². The first-order valence-corrected chi connectivity index (χ1v) is 17.3. The number of allylic oxidation sites excluding steroid dienone is 1. The van der Waals surface area contributed by atoms with Gasteiger partial charge in [-0.05, 0) is 50.7 Å². The molecule has 3 aromatic rings. The van der Waals surface area contributed by atoms with Crippen LogP contribution in [0.3, 0.4) is 0 Å². The summed E-state index contributed by atoms with van der Waals surface area (Å²) in [6.45, 7) is 0.0139. The molecule has 0 spiro atoms. The van der Waals surface area contributed by atoms with Crippen LogP contribution in [0.4, 0.5) is 4.79 Å². The molecule has 3 N–H and O–H groups in total. The normalized spacial score (nSPS) is 24.5. The summed E-state index contributed by atoms with van der Waals surface area (Å²) in [4.78, 5) is 48.6. The van der Waals surface area contributed by atoms with Crippen LogP contribution in [0.2, 0.25) is 0 Å². The molecule has 12 nitrogen and oxygen atoms in total. The van der Waals surface area contributed by atoms with Crippen molar-refractivity contribution >= 4 is 45.0 Å². The molecule has 2 fully saturated rings. The van der Waals surface area contributed by atoms with Gasteiger partial charge in [-0.3, -0.25) is 14.3 Å². The van der Waals surface area contributed by atoms with Crippen molar-refractivity contribution in [2.24, 2.45) is 10.9 Å². The van der Waals surface area contributed by atoms with Crippen LogP contribution in [-0.4, -0.2) is 68.0 Å². The summed E-state index contributed by atoms with van der Waals surface area (Å²) in [7, 11) is -2.26. The molecule has 0 bridgehead atoms. The molecule has 0 saturated heterocycles. The fraction of sp³-hybridized carbons (Fsp3) is 0.382. The second kappa shape index (κ2) is 13.5. The summed E-state index contributed by atoms with van der Waals surface area (Å²) < 4.78 is 39.1. The Morgan fingerprint density at radius 3 is 2.66 bits per heavy atom. The third kappa shape index (κ3) is 7.46. The van der Waals surface area contributed by atoms with Crippen molar-refractivity contribution < 1.29 is 32.3 Å². The van der Waals surface area contributed by atoms with Crippen LogP contribution >= 0.6 is 0 Å². The van der Waals surface area contributed by atoms with Crippen LogP contribution in [0, 0.1) is 5.92 Å². The number of aliphatic imine (C=N–C) groups is 1. The van der Waals surface area contributed by atoms with Gasteiger partial charge in [-0.2, -0.15) is 0 Å². The minimum Gasteiger partial charge on any atom is -0.497 e. The van der Waals surface area contributed by atoms with E-state index in [1.807, 2.05) is 60.7 Å². The number of hydrogen-bond acceptors (Lipinski definition) is 8. The summed E-state index contributed by atoms with van der Waals surface area (Å²) in [5, 5.41) is 5.56. The van der Waals surface area contributed by atoms with Gasteiger partial charge < -0.3 is 20.1 Å². The van der Waals surface area contributed by atoms with Crippen molar-refractivity contribution in [3.05, 3.63) is 66.7 Å². The van der Waals surface area contributed by atoms with Gasteiger partial charge in [-0.1, -0.05) is 42.5 Å². The van der Waals surface area contributed by atoms with Gasteiger partial charge in [0.15, 0.2) is 0 Å². The van der Waals surface area contributed by atoms with Crippen molar-refractivity contribution in [1.29, 1.82) is 0 Å². The van der Waals surface area contributed by atoms with Gasteiger partial charge in [0.1, 0.15) is 23.1 Å². The Kier molecular flexibility index (Phi) is 9.26. The quantitative estimate of drug-likeness (QED) is 0.290. The zero-order valence-electron chi connectivity index (χ0n) is 26.0. The number of fused-ring (bicyclic) bond motifs is 2. The van der Waals surface area contributed by atoms with Crippen LogP contribution < -0.4 is 24.8 Å². The van der Waals surface area contributed by atoms with E-state index < -0.39 is 44.7 Å². The van der Waals surface area contributed by atoms with Crippen molar-refractivity contribution in [3.63, 3.8) is 0 Å². The summed E-state index contributed by atoms with van der Waals surface area (Å²) in [5.41, 5.74) is 0.776. The number of pyridine rings is 1. The van der Waals surface area contributed by atoms with Crippen molar-refractivity contribution in [2.45, 2.75) is 61.8 Å². The molecule has 2 aliphatic carbocycles. The van der Waals surface area contributed by atoms with Gasteiger partial charge in [0, 0.05) is 41.6 Å². The third-order valence-electron chi connectivity index (χ3n) is 8.57. The van der Waals surface area contributed by atoms with E-state index in [2.05, 4.69) is 20.3 Å². The topological polar surface area (TPSA) is 165 Å². The molecule has 13 heteroatoms. The zero-order valence-corrected chi connectivity index (χ0v) is 26.8. The number of urea groups is 1. The Morgan fingerprint density at radius 2 is 1.89 bits per heavy atom. The number of methoxy groups -OCH3 is 1. The minimum absolute atomic E-state index is 0.0139. The van der Waals surface area contributed by atoms with Crippen LogP contribution in [-0.2, 0) is 19.6 Å². The van der Waals surface area contributed by atoms with Crippen molar-refractivity contribution in [2.75, 3.05) is 13.7 Å². The highest BCUT2D eigenvalue weighted by Crippen LogP contribution is 2.46. The van der Waals surface area contributed by atoms with E-state index in [1.165, 1.54) is 6.21 Å². The predicted molar refractivity (Wildman–Crippen MR) is 177 cm³/mol. The molecule has 6 rings (SSSR count). The largest absolute Gasteiger partial charge is 0.497 e. The number of aromatic nitrogens is 1. The molecule has 1 aliphatic heterocycles. The zero-order chi connectivity index (χ0) is 33.0. The number of amides is 4. The maximum absolute atomic E-state index is 13.7. The summed E-state index contributed by atoms with van der Waals surface area (Å²) in [6, 6.07) is 15.1. The van der Waals surface area contributed by atoms with E-state index in [0.29, 0.717) is 48.4 Å². The monoisotopic (exact) mass is 659 g/mol. The summed E-state index contributed by atoms with van der Waals surface area (Å²) >= 11 is 0. The first kappa shape index (κ1) is 32.2. The van der Waals surface area contributed by atoms with E-state index in [1.54, 1.807) is 13.2 Å². The van der Waals surface area contributed by atoms with Gasteiger partial charge in [0.2, 0.25) is 15.9 Å². The Balaban J connectivity index is 1.24. The number of nitrogens with one attached hydrogen (secondary N) is 3. The Bertz CT molecular complexity index is 1840. The first-order chi connectivity index (χ1) is 22.7. The average Bonchev–Trinajstić information content (AvgIpc) is 4.00. The first-order valence-electron chi connectivity index (χ1n) is 15.7. The standard InChI is InChI=1S/C34H37N5O7S/c1-45-24-12-15-26-29(19-24)36-28(22-9-5-4-6-10-22)20-30(26)46-18-16-27-31(40)38-34(32(41)39-47(43,44)25-13-14-25)21-23(34)11-7-2-3-8-17-35-33(42)37-27/h4-7,9-12,15,17,19-20,23,25,27H,2-3,8,13-14,16,18,21H2,1H3,(H,37,42)(H,38,40)(H,39,41)/b11-7-,35-17+/t23-,27-,34+/m0/s1. The number of benzene rings is 2. The number of hydrogen-bond donors (Lipinski definition) is 3. The van der Waals surface area contributed by atoms with E-state index in [-0.39, 0.29) is 25.4 Å². The lowest BCUT2D eigenvalue weighted by Crippen LogP contribution is -2.57. The highest BCUT2D eigenvalue weighted by atomic mass is 32.2. The van der Waals surface area contributed by atoms with Gasteiger partial charge in [0.25, 0.3) is 5.91 Å². The molecule has 2 saturated carbocycles. The molecule has 0 unspecified atom stereocenters. The number of carbonyl (C=O) groups excluding carboxylic acids is 3.